The van der Waals surface area contributed by atoms with Crippen LogP contribution >= 0.6 is 0 Å². The lowest BCUT2D eigenvalue weighted by Crippen LogP contribution is -2.21. The smallest absolute Gasteiger partial charge is 0.119 e. The minimum atomic E-state index is -0.882. The van der Waals surface area contributed by atoms with Crippen molar-refractivity contribution in [2.24, 2.45) is 0 Å². The SMILES string of the molecule is CC(c1ccc(OCC(O)CO)cc1)c1ccc(OCC(O)CO)cc1. The van der Waals surface area contributed by atoms with Gasteiger partial charge in [-0.3, -0.25) is 0 Å². The minimum absolute atomic E-state index is 0.0534. The minimum Gasteiger partial charge on any atom is -0.491 e. The highest BCUT2D eigenvalue weighted by molar-refractivity contribution is 5.37. The molecule has 26 heavy (non-hydrogen) atoms. The van der Waals surface area contributed by atoms with Crippen molar-refractivity contribution in [1.29, 1.82) is 0 Å². The van der Waals surface area contributed by atoms with Crippen molar-refractivity contribution in [2.45, 2.75) is 25.0 Å². The van der Waals surface area contributed by atoms with E-state index in [2.05, 4.69) is 6.92 Å². The average Bonchev–Trinajstić information content (AvgIpc) is 2.70. The second kappa shape index (κ2) is 10.1. The van der Waals surface area contributed by atoms with Gasteiger partial charge in [-0.1, -0.05) is 31.2 Å². The molecule has 0 bridgehead atoms. The van der Waals surface area contributed by atoms with Crippen molar-refractivity contribution in [2.75, 3.05) is 26.4 Å². The van der Waals surface area contributed by atoms with E-state index in [0.29, 0.717) is 11.5 Å². The van der Waals surface area contributed by atoms with Gasteiger partial charge in [-0.2, -0.15) is 0 Å². The fraction of sp³-hybridized carbons (Fsp3) is 0.400. The number of rotatable bonds is 10. The number of aliphatic hydroxyl groups excluding tert-OH is 4. The van der Waals surface area contributed by atoms with Gasteiger partial charge in [0.1, 0.15) is 36.9 Å². The second-order valence-corrected chi connectivity index (χ2v) is 6.15. The zero-order valence-electron chi connectivity index (χ0n) is 14.8. The standard InChI is InChI=1S/C20H26O6/c1-14(15-2-6-19(7-3-15)25-12-17(23)10-21)16-4-8-20(9-5-16)26-13-18(24)11-22/h2-9,14,17-18,21-24H,10-13H2,1H3. The summed E-state index contributed by atoms with van der Waals surface area (Å²) < 4.78 is 10.8. The van der Waals surface area contributed by atoms with Gasteiger partial charge in [-0.25, -0.2) is 0 Å². The third kappa shape index (κ3) is 6.00. The van der Waals surface area contributed by atoms with Crippen LogP contribution in [-0.4, -0.2) is 59.1 Å². The molecule has 0 aromatic heterocycles. The first-order valence-electron chi connectivity index (χ1n) is 8.56. The molecule has 142 valence electrons. The van der Waals surface area contributed by atoms with Crippen LogP contribution in [0, 0.1) is 0 Å². The molecule has 0 saturated carbocycles. The third-order valence-corrected chi connectivity index (χ3v) is 4.07. The Balaban J connectivity index is 1.94. The van der Waals surface area contributed by atoms with E-state index in [0.717, 1.165) is 11.1 Å². The molecule has 2 unspecified atom stereocenters. The van der Waals surface area contributed by atoms with Crippen LogP contribution in [0.1, 0.15) is 24.0 Å². The molecule has 0 aliphatic rings. The van der Waals surface area contributed by atoms with Crippen molar-refractivity contribution in [1.82, 2.24) is 0 Å². The summed E-state index contributed by atoms with van der Waals surface area (Å²) in [6.45, 7) is 1.55. The highest BCUT2D eigenvalue weighted by atomic mass is 16.5. The van der Waals surface area contributed by atoms with Crippen molar-refractivity contribution in [3.05, 3.63) is 59.7 Å². The predicted molar refractivity (Wildman–Crippen MR) is 97.6 cm³/mol. The van der Waals surface area contributed by atoms with Gasteiger partial charge < -0.3 is 29.9 Å². The maximum atomic E-state index is 9.30. The molecule has 0 fully saturated rings. The van der Waals surface area contributed by atoms with Gasteiger partial charge in [0.2, 0.25) is 0 Å². The normalized spacial score (nSPS) is 14.5. The lowest BCUT2D eigenvalue weighted by Gasteiger charge is -2.15. The first-order valence-corrected chi connectivity index (χ1v) is 8.56. The molecule has 6 nitrogen and oxygen atoms in total. The van der Waals surface area contributed by atoms with Crippen LogP contribution < -0.4 is 9.47 Å². The summed E-state index contributed by atoms with van der Waals surface area (Å²) in [5, 5.41) is 36.2. The van der Waals surface area contributed by atoms with Crippen LogP contribution in [0.5, 0.6) is 11.5 Å². The molecule has 0 radical (unpaired) electrons. The summed E-state index contributed by atoms with van der Waals surface area (Å²) in [7, 11) is 0. The van der Waals surface area contributed by atoms with Gasteiger partial charge in [-0.15, -0.1) is 0 Å². The first-order chi connectivity index (χ1) is 12.5. The Morgan fingerprint density at radius 2 is 1.04 bits per heavy atom. The molecule has 0 heterocycles. The molecule has 2 aromatic rings. The molecular formula is C20H26O6. The van der Waals surface area contributed by atoms with Crippen molar-refractivity contribution in [3.8, 4) is 11.5 Å². The van der Waals surface area contributed by atoms with Gasteiger partial charge in [0.05, 0.1) is 13.2 Å². The lowest BCUT2D eigenvalue weighted by atomic mass is 9.93. The Bertz CT molecular complexity index is 583. The molecule has 0 amide bonds. The quantitative estimate of drug-likeness (QED) is 0.509. The Hall–Kier alpha value is -2.12. The molecule has 2 aromatic carbocycles. The number of benzene rings is 2. The molecule has 2 atom stereocenters. The summed E-state index contributed by atoms with van der Waals surface area (Å²) in [4.78, 5) is 0. The summed E-state index contributed by atoms with van der Waals surface area (Å²) >= 11 is 0. The molecule has 0 saturated heterocycles. The van der Waals surface area contributed by atoms with E-state index in [1.807, 2.05) is 48.5 Å². The van der Waals surface area contributed by atoms with E-state index in [-0.39, 0.29) is 32.3 Å². The summed E-state index contributed by atoms with van der Waals surface area (Å²) in [6.07, 6.45) is -1.76. The summed E-state index contributed by atoms with van der Waals surface area (Å²) in [5.74, 6) is 1.45. The summed E-state index contributed by atoms with van der Waals surface area (Å²) in [5.41, 5.74) is 2.23. The first kappa shape index (κ1) is 20.2. The molecule has 6 heteroatoms. The molecular weight excluding hydrogens is 336 g/mol. The molecule has 0 aliphatic heterocycles. The fourth-order valence-electron chi connectivity index (χ4n) is 2.39. The van der Waals surface area contributed by atoms with Crippen LogP contribution in [0.3, 0.4) is 0 Å². The lowest BCUT2D eigenvalue weighted by molar-refractivity contribution is 0.0536. The second-order valence-electron chi connectivity index (χ2n) is 6.15. The highest BCUT2D eigenvalue weighted by Crippen LogP contribution is 2.27. The number of hydrogen-bond acceptors (Lipinski definition) is 6. The number of hydrogen-bond donors (Lipinski definition) is 4. The predicted octanol–water partition coefficient (Wildman–Crippen LogP) is 1.30. The molecule has 0 spiro atoms. The van der Waals surface area contributed by atoms with Gasteiger partial charge in [0.25, 0.3) is 0 Å². The molecule has 0 aliphatic carbocycles. The number of aliphatic hydroxyl groups is 4. The van der Waals surface area contributed by atoms with E-state index in [1.165, 1.54) is 0 Å². The fourth-order valence-corrected chi connectivity index (χ4v) is 2.39. The zero-order valence-corrected chi connectivity index (χ0v) is 14.8. The topological polar surface area (TPSA) is 99.4 Å². The van der Waals surface area contributed by atoms with Crippen LogP contribution in [-0.2, 0) is 0 Å². The Kier molecular flexibility index (Phi) is 7.87. The van der Waals surface area contributed by atoms with Crippen LogP contribution in [0.4, 0.5) is 0 Å². The highest BCUT2D eigenvalue weighted by Gasteiger charge is 2.10. The Labute approximate surface area is 153 Å². The molecule has 4 N–H and O–H groups in total. The average molecular weight is 362 g/mol. The van der Waals surface area contributed by atoms with E-state index in [1.54, 1.807) is 0 Å². The monoisotopic (exact) mass is 362 g/mol. The Morgan fingerprint density at radius 1 is 0.692 bits per heavy atom. The van der Waals surface area contributed by atoms with E-state index >= 15 is 0 Å². The van der Waals surface area contributed by atoms with Gasteiger partial charge in [-0.05, 0) is 35.4 Å². The van der Waals surface area contributed by atoms with Gasteiger partial charge >= 0.3 is 0 Å². The van der Waals surface area contributed by atoms with Crippen LogP contribution in [0.15, 0.2) is 48.5 Å². The maximum absolute atomic E-state index is 9.30. The van der Waals surface area contributed by atoms with E-state index < -0.39 is 12.2 Å². The van der Waals surface area contributed by atoms with Crippen molar-refractivity contribution >= 4 is 0 Å². The van der Waals surface area contributed by atoms with E-state index in [9.17, 15) is 10.2 Å². The van der Waals surface area contributed by atoms with Gasteiger partial charge in [0.15, 0.2) is 0 Å². The van der Waals surface area contributed by atoms with Crippen molar-refractivity contribution < 1.29 is 29.9 Å². The Morgan fingerprint density at radius 3 is 1.35 bits per heavy atom. The van der Waals surface area contributed by atoms with E-state index in [4.69, 9.17) is 19.7 Å². The van der Waals surface area contributed by atoms with Crippen LogP contribution in [0.25, 0.3) is 0 Å². The van der Waals surface area contributed by atoms with Crippen LogP contribution in [0.2, 0.25) is 0 Å². The zero-order chi connectivity index (χ0) is 18.9. The van der Waals surface area contributed by atoms with Gasteiger partial charge in [0, 0.05) is 5.92 Å². The third-order valence-electron chi connectivity index (χ3n) is 4.07. The summed E-state index contributed by atoms with van der Waals surface area (Å²) in [6, 6.07) is 15.2. The number of ether oxygens (including phenoxy) is 2. The largest absolute Gasteiger partial charge is 0.491 e. The molecule has 2 rings (SSSR count). The maximum Gasteiger partial charge on any atom is 0.119 e. The van der Waals surface area contributed by atoms with Crippen molar-refractivity contribution in [3.63, 3.8) is 0 Å².